The van der Waals surface area contributed by atoms with Gasteiger partial charge in [-0.3, -0.25) is 4.79 Å². The SMILES string of the molecule is O=c1ccc(-c2cccc(Nc3cc(-c4ccccc4)ncn3)c2)n[nH]1. The fourth-order valence-corrected chi connectivity index (χ4v) is 2.60. The number of anilines is 2. The van der Waals surface area contributed by atoms with Gasteiger partial charge < -0.3 is 5.32 Å². The molecule has 26 heavy (non-hydrogen) atoms. The van der Waals surface area contributed by atoms with E-state index in [1.807, 2.05) is 60.7 Å². The first-order valence-electron chi connectivity index (χ1n) is 8.09. The van der Waals surface area contributed by atoms with E-state index in [4.69, 9.17) is 0 Å². The second kappa shape index (κ2) is 6.98. The van der Waals surface area contributed by atoms with E-state index < -0.39 is 0 Å². The van der Waals surface area contributed by atoms with Crippen molar-refractivity contribution in [2.75, 3.05) is 5.32 Å². The van der Waals surface area contributed by atoms with Crippen LogP contribution in [0.15, 0.2) is 83.9 Å². The fraction of sp³-hybridized carbons (Fsp3) is 0. The number of hydrogen-bond acceptors (Lipinski definition) is 5. The van der Waals surface area contributed by atoms with E-state index in [2.05, 4.69) is 25.5 Å². The van der Waals surface area contributed by atoms with Gasteiger partial charge in [0, 0.05) is 28.9 Å². The first-order valence-corrected chi connectivity index (χ1v) is 8.09. The van der Waals surface area contributed by atoms with Crippen LogP contribution in [0.3, 0.4) is 0 Å². The summed E-state index contributed by atoms with van der Waals surface area (Å²) in [4.78, 5) is 19.8. The van der Waals surface area contributed by atoms with Gasteiger partial charge in [0.15, 0.2) is 0 Å². The van der Waals surface area contributed by atoms with Crippen molar-refractivity contribution in [3.05, 3.63) is 89.5 Å². The lowest BCUT2D eigenvalue weighted by Gasteiger charge is -2.08. The average molecular weight is 341 g/mol. The van der Waals surface area contributed by atoms with Crippen LogP contribution in [0.5, 0.6) is 0 Å². The van der Waals surface area contributed by atoms with Crippen molar-refractivity contribution in [2.45, 2.75) is 0 Å². The monoisotopic (exact) mass is 341 g/mol. The number of aromatic nitrogens is 4. The Balaban J connectivity index is 1.61. The van der Waals surface area contributed by atoms with E-state index in [0.29, 0.717) is 11.5 Å². The van der Waals surface area contributed by atoms with Gasteiger partial charge in [-0.2, -0.15) is 5.10 Å². The first kappa shape index (κ1) is 15.7. The minimum atomic E-state index is -0.225. The summed E-state index contributed by atoms with van der Waals surface area (Å²) < 4.78 is 0. The lowest BCUT2D eigenvalue weighted by atomic mass is 10.1. The molecule has 2 heterocycles. The Bertz CT molecular complexity index is 1070. The van der Waals surface area contributed by atoms with Crippen LogP contribution in [-0.4, -0.2) is 20.2 Å². The minimum Gasteiger partial charge on any atom is -0.340 e. The Morgan fingerprint density at radius 3 is 2.42 bits per heavy atom. The molecular weight excluding hydrogens is 326 g/mol. The van der Waals surface area contributed by atoms with Crippen LogP contribution < -0.4 is 10.9 Å². The summed E-state index contributed by atoms with van der Waals surface area (Å²) in [6, 6.07) is 22.7. The van der Waals surface area contributed by atoms with Gasteiger partial charge in [-0.15, -0.1) is 0 Å². The third kappa shape index (κ3) is 3.49. The topological polar surface area (TPSA) is 83.6 Å². The minimum absolute atomic E-state index is 0.225. The first-order chi connectivity index (χ1) is 12.8. The number of benzene rings is 2. The van der Waals surface area contributed by atoms with Crippen LogP contribution in [0, 0.1) is 0 Å². The van der Waals surface area contributed by atoms with Crippen LogP contribution in [0.1, 0.15) is 0 Å². The van der Waals surface area contributed by atoms with E-state index >= 15 is 0 Å². The smallest absolute Gasteiger partial charge is 0.264 e. The van der Waals surface area contributed by atoms with E-state index in [1.165, 1.54) is 12.4 Å². The molecule has 6 heteroatoms. The molecule has 126 valence electrons. The van der Waals surface area contributed by atoms with Crippen molar-refractivity contribution < 1.29 is 0 Å². The standard InChI is InChI=1S/C20H15N5O/c26-20-10-9-17(24-25-20)15-7-4-8-16(11-15)23-19-12-18(21-13-22-19)14-5-2-1-3-6-14/h1-13H,(H,25,26)(H,21,22,23). The van der Waals surface area contributed by atoms with Crippen LogP contribution >= 0.6 is 0 Å². The quantitative estimate of drug-likeness (QED) is 0.592. The number of rotatable bonds is 4. The molecular formula is C20H15N5O. The predicted octanol–water partition coefficient (Wildman–Crippen LogP) is 3.64. The number of H-pyrrole nitrogens is 1. The summed E-state index contributed by atoms with van der Waals surface area (Å²) in [5, 5.41) is 9.79. The Kier molecular flexibility index (Phi) is 4.22. The van der Waals surface area contributed by atoms with Gasteiger partial charge in [0.2, 0.25) is 0 Å². The maximum atomic E-state index is 11.2. The van der Waals surface area contributed by atoms with Crippen LogP contribution in [0.4, 0.5) is 11.5 Å². The molecule has 2 aromatic heterocycles. The number of nitrogens with one attached hydrogen (secondary N) is 2. The molecule has 0 unspecified atom stereocenters. The molecule has 0 saturated heterocycles. The van der Waals surface area contributed by atoms with Gasteiger partial charge in [-0.1, -0.05) is 42.5 Å². The highest BCUT2D eigenvalue weighted by Crippen LogP contribution is 2.24. The normalized spacial score (nSPS) is 10.5. The van der Waals surface area contributed by atoms with Crippen molar-refractivity contribution in [1.82, 2.24) is 20.2 Å². The molecule has 0 aliphatic carbocycles. The molecule has 0 aliphatic heterocycles. The molecule has 0 spiro atoms. The van der Waals surface area contributed by atoms with E-state index in [9.17, 15) is 4.79 Å². The maximum absolute atomic E-state index is 11.2. The molecule has 0 saturated carbocycles. The summed E-state index contributed by atoms with van der Waals surface area (Å²) in [6.45, 7) is 0. The zero-order valence-corrected chi connectivity index (χ0v) is 13.8. The second-order valence-corrected chi connectivity index (χ2v) is 5.67. The Hall–Kier alpha value is -3.80. The largest absolute Gasteiger partial charge is 0.340 e. The molecule has 0 radical (unpaired) electrons. The van der Waals surface area contributed by atoms with Crippen molar-refractivity contribution >= 4 is 11.5 Å². The molecule has 4 aromatic rings. The van der Waals surface area contributed by atoms with Crippen molar-refractivity contribution in [1.29, 1.82) is 0 Å². The van der Waals surface area contributed by atoms with Gasteiger partial charge in [-0.25, -0.2) is 15.1 Å². The van der Waals surface area contributed by atoms with Crippen molar-refractivity contribution in [2.24, 2.45) is 0 Å². The van der Waals surface area contributed by atoms with Gasteiger partial charge in [-0.05, 0) is 18.2 Å². The summed E-state index contributed by atoms with van der Waals surface area (Å²) in [6.07, 6.45) is 1.54. The van der Waals surface area contributed by atoms with E-state index in [-0.39, 0.29) is 5.56 Å². The van der Waals surface area contributed by atoms with Crippen LogP contribution in [0.25, 0.3) is 22.5 Å². The molecule has 6 nitrogen and oxygen atoms in total. The van der Waals surface area contributed by atoms with Crippen LogP contribution in [0.2, 0.25) is 0 Å². The van der Waals surface area contributed by atoms with Crippen LogP contribution in [-0.2, 0) is 0 Å². The molecule has 0 amide bonds. The lowest BCUT2D eigenvalue weighted by molar-refractivity contribution is 0.995. The molecule has 4 rings (SSSR count). The molecule has 2 N–H and O–H groups in total. The van der Waals surface area contributed by atoms with E-state index in [0.717, 1.165) is 22.5 Å². The molecule has 0 fully saturated rings. The predicted molar refractivity (Wildman–Crippen MR) is 101 cm³/mol. The highest BCUT2D eigenvalue weighted by molar-refractivity contribution is 5.69. The van der Waals surface area contributed by atoms with Gasteiger partial charge in [0.1, 0.15) is 12.1 Å². The average Bonchev–Trinajstić information content (AvgIpc) is 2.70. The zero-order valence-electron chi connectivity index (χ0n) is 13.8. The van der Waals surface area contributed by atoms with Gasteiger partial charge in [0.25, 0.3) is 5.56 Å². The molecule has 0 aliphatic rings. The fourth-order valence-electron chi connectivity index (χ4n) is 2.60. The maximum Gasteiger partial charge on any atom is 0.264 e. The summed E-state index contributed by atoms with van der Waals surface area (Å²) in [5.41, 5.74) is 4.11. The molecule has 0 bridgehead atoms. The molecule has 0 atom stereocenters. The highest BCUT2D eigenvalue weighted by Gasteiger charge is 2.04. The Morgan fingerprint density at radius 1 is 0.769 bits per heavy atom. The van der Waals surface area contributed by atoms with Gasteiger partial charge in [0.05, 0.1) is 11.4 Å². The van der Waals surface area contributed by atoms with E-state index in [1.54, 1.807) is 6.07 Å². The summed E-state index contributed by atoms with van der Waals surface area (Å²) in [7, 11) is 0. The number of aromatic amines is 1. The third-order valence-electron chi connectivity index (χ3n) is 3.85. The Morgan fingerprint density at radius 2 is 1.62 bits per heavy atom. The summed E-state index contributed by atoms with van der Waals surface area (Å²) >= 11 is 0. The summed E-state index contributed by atoms with van der Waals surface area (Å²) in [5.74, 6) is 0.699. The molecule has 2 aromatic carbocycles. The Labute approximate surface area is 149 Å². The van der Waals surface area contributed by atoms with Crippen molar-refractivity contribution in [3.8, 4) is 22.5 Å². The third-order valence-corrected chi connectivity index (χ3v) is 3.85. The van der Waals surface area contributed by atoms with Gasteiger partial charge >= 0.3 is 0 Å². The number of hydrogen-bond donors (Lipinski definition) is 2. The van der Waals surface area contributed by atoms with Crippen molar-refractivity contribution in [3.63, 3.8) is 0 Å². The number of nitrogens with zero attached hydrogens (tertiary/aromatic N) is 3. The lowest BCUT2D eigenvalue weighted by Crippen LogP contribution is -2.05. The zero-order chi connectivity index (χ0) is 17.8. The highest BCUT2D eigenvalue weighted by atomic mass is 16.1. The second-order valence-electron chi connectivity index (χ2n) is 5.67.